The van der Waals surface area contributed by atoms with Gasteiger partial charge in [-0.3, -0.25) is 0 Å². The van der Waals surface area contributed by atoms with Crippen molar-refractivity contribution >= 4 is 19.0 Å². The maximum Gasteiger partial charge on any atom is 0.388 e. The second-order valence-corrected chi connectivity index (χ2v) is 10.1. The van der Waals surface area contributed by atoms with Crippen molar-refractivity contribution in [1.82, 2.24) is 0 Å². The molecule has 0 heterocycles. The molecule has 0 spiro atoms. The Hall–Kier alpha value is -1.30. The van der Waals surface area contributed by atoms with Crippen LogP contribution in [0.1, 0.15) is 18.9 Å². The molecule has 1 rings (SSSR count). The second kappa shape index (κ2) is 5.77. The minimum atomic E-state index is -4.11. The van der Waals surface area contributed by atoms with E-state index in [1.807, 2.05) is 25.2 Å². The Bertz CT molecular complexity index is 469. The number of hydrogen-bond donors (Lipinski definition) is 1. The molecule has 2 nitrogen and oxygen atoms in total. The minimum absolute atomic E-state index is 0.162. The SMILES string of the molecule is CC(=NO)c1cccc([Si](C)(C)CCC(F)(F)F)c1. The van der Waals surface area contributed by atoms with Crippen molar-refractivity contribution in [2.45, 2.75) is 38.7 Å². The third-order valence-corrected chi connectivity index (χ3v) is 6.62. The van der Waals surface area contributed by atoms with Crippen molar-refractivity contribution in [3.8, 4) is 0 Å². The van der Waals surface area contributed by atoms with Crippen LogP contribution in [0.25, 0.3) is 0 Å². The van der Waals surface area contributed by atoms with Gasteiger partial charge in [-0.15, -0.1) is 0 Å². The van der Waals surface area contributed by atoms with Gasteiger partial charge in [0.15, 0.2) is 0 Å². The quantitative estimate of drug-likeness (QED) is 0.389. The van der Waals surface area contributed by atoms with Crippen LogP contribution in [0.15, 0.2) is 29.4 Å². The molecule has 1 aromatic carbocycles. The molecule has 0 fully saturated rings. The first-order valence-electron chi connectivity index (χ1n) is 6.02. The molecular formula is C13H18F3NOSi. The predicted molar refractivity (Wildman–Crippen MR) is 73.0 cm³/mol. The van der Waals surface area contributed by atoms with Crippen molar-refractivity contribution in [2.24, 2.45) is 5.16 Å². The zero-order valence-electron chi connectivity index (χ0n) is 11.3. The molecule has 19 heavy (non-hydrogen) atoms. The number of benzene rings is 1. The van der Waals surface area contributed by atoms with Crippen LogP contribution >= 0.6 is 0 Å². The molecule has 0 bridgehead atoms. The number of halogens is 3. The highest BCUT2D eigenvalue weighted by Gasteiger charge is 2.33. The van der Waals surface area contributed by atoms with E-state index in [0.29, 0.717) is 5.71 Å². The third-order valence-electron chi connectivity index (χ3n) is 3.25. The largest absolute Gasteiger partial charge is 0.411 e. The first kappa shape index (κ1) is 15.8. The summed E-state index contributed by atoms with van der Waals surface area (Å²) < 4.78 is 37.0. The summed E-state index contributed by atoms with van der Waals surface area (Å²) in [7, 11) is -2.14. The number of rotatable bonds is 4. The van der Waals surface area contributed by atoms with E-state index < -0.39 is 20.7 Å². The summed E-state index contributed by atoms with van der Waals surface area (Å²) in [5.41, 5.74) is 1.20. The molecular weight excluding hydrogens is 271 g/mol. The fourth-order valence-corrected chi connectivity index (χ4v) is 4.11. The van der Waals surface area contributed by atoms with Crippen LogP contribution < -0.4 is 5.19 Å². The van der Waals surface area contributed by atoms with Gasteiger partial charge in [-0.1, -0.05) is 47.7 Å². The highest BCUT2D eigenvalue weighted by Crippen LogP contribution is 2.26. The summed E-state index contributed by atoms with van der Waals surface area (Å²) in [5, 5.41) is 12.8. The molecule has 0 aliphatic heterocycles. The van der Waals surface area contributed by atoms with Gasteiger partial charge in [0.25, 0.3) is 0 Å². The average Bonchev–Trinajstić information content (AvgIpc) is 2.35. The lowest BCUT2D eigenvalue weighted by atomic mass is 10.1. The molecule has 106 valence electrons. The Labute approximate surface area is 112 Å². The van der Waals surface area contributed by atoms with Crippen molar-refractivity contribution in [1.29, 1.82) is 0 Å². The van der Waals surface area contributed by atoms with Gasteiger partial charge in [0.1, 0.15) is 0 Å². The monoisotopic (exact) mass is 289 g/mol. The van der Waals surface area contributed by atoms with Gasteiger partial charge in [0.05, 0.1) is 13.8 Å². The summed E-state index contributed by atoms with van der Waals surface area (Å²) in [4.78, 5) is 0. The molecule has 0 radical (unpaired) electrons. The lowest BCUT2D eigenvalue weighted by molar-refractivity contribution is -0.130. The molecule has 1 N–H and O–H groups in total. The highest BCUT2D eigenvalue weighted by molar-refractivity contribution is 6.89. The van der Waals surface area contributed by atoms with E-state index >= 15 is 0 Å². The lowest BCUT2D eigenvalue weighted by Gasteiger charge is -2.24. The number of oxime groups is 1. The molecule has 0 unspecified atom stereocenters. The Balaban J connectivity index is 2.95. The van der Waals surface area contributed by atoms with Gasteiger partial charge in [-0.25, -0.2) is 0 Å². The molecule has 0 aliphatic rings. The number of hydrogen-bond acceptors (Lipinski definition) is 2. The van der Waals surface area contributed by atoms with Crippen LogP contribution in [0.4, 0.5) is 13.2 Å². The van der Waals surface area contributed by atoms with E-state index in [9.17, 15) is 13.2 Å². The van der Waals surface area contributed by atoms with Crippen LogP contribution in [0.5, 0.6) is 0 Å². The summed E-state index contributed by atoms with van der Waals surface area (Å²) in [6.45, 7) is 5.50. The Kier molecular flexibility index (Phi) is 4.79. The van der Waals surface area contributed by atoms with E-state index in [2.05, 4.69) is 5.16 Å². The predicted octanol–water partition coefficient (Wildman–Crippen LogP) is 3.75. The molecule has 6 heteroatoms. The maximum absolute atomic E-state index is 12.3. The van der Waals surface area contributed by atoms with E-state index in [0.717, 1.165) is 10.8 Å². The molecule has 0 saturated carbocycles. The first-order chi connectivity index (χ1) is 8.65. The topological polar surface area (TPSA) is 32.6 Å². The minimum Gasteiger partial charge on any atom is -0.411 e. The van der Waals surface area contributed by atoms with Gasteiger partial charge in [0, 0.05) is 6.42 Å². The van der Waals surface area contributed by atoms with Crippen LogP contribution in [-0.4, -0.2) is 25.2 Å². The smallest absolute Gasteiger partial charge is 0.388 e. The van der Waals surface area contributed by atoms with Crippen LogP contribution in [0.3, 0.4) is 0 Å². The van der Waals surface area contributed by atoms with Gasteiger partial charge in [-0.05, 0) is 18.5 Å². The maximum atomic E-state index is 12.3. The fraction of sp³-hybridized carbons (Fsp3) is 0.462. The standard InChI is InChI=1S/C13H18F3NOSi/c1-10(17-18)11-5-4-6-12(9-11)19(2,3)8-7-13(14,15)16/h4-6,9,18H,7-8H2,1-3H3. The summed E-state index contributed by atoms with van der Waals surface area (Å²) in [6, 6.07) is 7.43. The van der Waals surface area contributed by atoms with Crippen LogP contribution in [0, 0.1) is 0 Å². The highest BCUT2D eigenvalue weighted by atomic mass is 28.3. The summed E-state index contributed by atoms with van der Waals surface area (Å²) >= 11 is 0. The zero-order chi connectivity index (χ0) is 14.7. The van der Waals surface area contributed by atoms with E-state index in [1.165, 1.54) is 0 Å². The van der Waals surface area contributed by atoms with E-state index in [-0.39, 0.29) is 6.04 Å². The van der Waals surface area contributed by atoms with Crippen molar-refractivity contribution in [3.05, 3.63) is 29.8 Å². The molecule has 0 atom stereocenters. The number of alkyl halides is 3. The normalized spacial score (nSPS) is 13.7. The average molecular weight is 289 g/mol. The van der Waals surface area contributed by atoms with Crippen molar-refractivity contribution in [2.75, 3.05) is 0 Å². The van der Waals surface area contributed by atoms with Gasteiger partial charge in [-0.2, -0.15) is 13.2 Å². The van der Waals surface area contributed by atoms with Gasteiger partial charge >= 0.3 is 6.18 Å². The van der Waals surface area contributed by atoms with Crippen molar-refractivity contribution in [3.63, 3.8) is 0 Å². The van der Waals surface area contributed by atoms with Gasteiger partial charge in [0.2, 0.25) is 0 Å². The fourth-order valence-electron chi connectivity index (χ4n) is 1.82. The lowest BCUT2D eigenvalue weighted by Crippen LogP contribution is -2.42. The summed E-state index contributed by atoms with van der Waals surface area (Å²) in [6.07, 6.45) is -4.85. The first-order valence-corrected chi connectivity index (χ1v) is 9.23. The van der Waals surface area contributed by atoms with Crippen molar-refractivity contribution < 1.29 is 18.4 Å². The van der Waals surface area contributed by atoms with E-state index in [1.54, 1.807) is 19.1 Å². The zero-order valence-corrected chi connectivity index (χ0v) is 12.3. The Morgan fingerprint density at radius 2 is 1.95 bits per heavy atom. The molecule has 0 aliphatic carbocycles. The van der Waals surface area contributed by atoms with E-state index in [4.69, 9.17) is 5.21 Å². The van der Waals surface area contributed by atoms with Crippen LogP contribution in [0.2, 0.25) is 19.1 Å². The number of nitrogens with zero attached hydrogens (tertiary/aromatic N) is 1. The molecule has 0 amide bonds. The Morgan fingerprint density at radius 3 is 2.47 bits per heavy atom. The molecule has 1 aromatic rings. The second-order valence-electron chi connectivity index (χ2n) is 5.27. The summed E-state index contributed by atoms with van der Waals surface area (Å²) in [5.74, 6) is 0. The van der Waals surface area contributed by atoms with Gasteiger partial charge < -0.3 is 5.21 Å². The molecule has 0 aromatic heterocycles. The third kappa shape index (κ3) is 4.70. The van der Waals surface area contributed by atoms with Crippen LogP contribution in [-0.2, 0) is 0 Å². The molecule has 0 saturated heterocycles. The Morgan fingerprint density at radius 1 is 1.32 bits per heavy atom.